The van der Waals surface area contributed by atoms with E-state index in [0.29, 0.717) is 12.2 Å². The van der Waals surface area contributed by atoms with Gasteiger partial charge in [0.25, 0.3) is 0 Å². The molecule has 0 aliphatic heterocycles. The summed E-state index contributed by atoms with van der Waals surface area (Å²) in [6.07, 6.45) is 4.43. The summed E-state index contributed by atoms with van der Waals surface area (Å²) in [7, 11) is 0. The smallest absolute Gasteiger partial charge is 0.338 e. The number of ether oxygens (including phenoxy) is 1. The van der Waals surface area contributed by atoms with Crippen LogP contribution in [-0.2, 0) is 9.53 Å². The van der Waals surface area contributed by atoms with Crippen molar-refractivity contribution in [1.82, 2.24) is 9.97 Å². The molecule has 0 aliphatic rings. The Morgan fingerprint density at radius 3 is 2.69 bits per heavy atom. The highest BCUT2D eigenvalue weighted by molar-refractivity contribution is 6.15. The van der Waals surface area contributed by atoms with Gasteiger partial charge in [-0.2, -0.15) is 0 Å². The molecule has 0 saturated heterocycles. The van der Waals surface area contributed by atoms with Crippen LogP contribution in [0.25, 0.3) is 5.57 Å². The molecule has 0 aliphatic carbocycles. The van der Waals surface area contributed by atoms with Gasteiger partial charge in [-0.25, -0.2) is 14.8 Å². The number of esters is 1. The van der Waals surface area contributed by atoms with Gasteiger partial charge >= 0.3 is 5.97 Å². The lowest BCUT2D eigenvalue weighted by atomic mass is 10.2. The van der Waals surface area contributed by atoms with Crippen LogP contribution in [0.2, 0.25) is 0 Å². The predicted molar refractivity (Wildman–Crippen MR) is 47.7 cm³/mol. The number of carbonyl (C=O) groups is 1. The SMILES string of the molecule is C=C(C(=O)OCC)c1cncnc1. The van der Waals surface area contributed by atoms with Gasteiger partial charge in [-0.1, -0.05) is 6.58 Å². The highest BCUT2D eigenvalue weighted by Crippen LogP contribution is 2.10. The summed E-state index contributed by atoms with van der Waals surface area (Å²) in [5.74, 6) is -0.433. The van der Waals surface area contributed by atoms with Gasteiger partial charge in [-0.3, -0.25) is 0 Å². The average Bonchev–Trinajstić information content (AvgIpc) is 2.18. The average molecular weight is 178 g/mol. The van der Waals surface area contributed by atoms with E-state index in [1.165, 1.54) is 18.7 Å². The molecule has 0 fully saturated rings. The number of carbonyl (C=O) groups excluding carboxylic acids is 1. The molecule has 1 aromatic heterocycles. The summed E-state index contributed by atoms with van der Waals surface area (Å²) in [5, 5.41) is 0. The van der Waals surface area contributed by atoms with Gasteiger partial charge in [-0.05, 0) is 6.92 Å². The molecule has 0 amide bonds. The van der Waals surface area contributed by atoms with Crippen molar-refractivity contribution in [1.29, 1.82) is 0 Å². The Labute approximate surface area is 76.3 Å². The van der Waals surface area contributed by atoms with Crippen molar-refractivity contribution in [3.05, 3.63) is 30.9 Å². The molecule has 68 valence electrons. The highest BCUT2D eigenvalue weighted by Gasteiger charge is 2.09. The van der Waals surface area contributed by atoms with E-state index in [2.05, 4.69) is 16.5 Å². The van der Waals surface area contributed by atoms with Gasteiger partial charge in [0.2, 0.25) is 0 Å². The van der Waals surface area contributed by atoms with Crippen molar-refractivity contribution >= 4 is 11.5 Å². The fraction of sp³-hybridized carbons (Fsp3) is 0.222. The van der Waals surface area contributed by atoms with Crippen molar-refractivity contribution < 1.29 is 9.53 Å². The third kappa shape index (κ3) is 2.37. The van der Waals surface area contributed by atoms with Crippen LogP contribution < -0.4 is 0 Å². The van der Waals surface area contributed by atoms with Crippen LogP contribution in [0.5, 0.6) is 0 Å². The molecule has 0 spiro atoms. The standard InChI is InChI=1S/C9H10N2O2/c1-3-13-9(12)7(2)8-4-10-6-11-5-8/h4-6H,2-3H2,1H3. The van der Waals surface area contributed by atoms with Crippen molar-refractivity contribution in [2.45, 2.75) is 6.92 Å². The molecule has 4 heteroatoms. The molecule has 0 aromatic carbocycles. The predicted octanol–water partition coefficient (Wildman–Crippen LogP) is 1.05. The zero-order chi connectivity index (χ0) is 9.68. The van der Waals surface area contributed by atoms with Crippen LogP contribution in [0.15, 0.2) is 25.3 Å². The number of rotatable bonds is 3. The third-order valence-corrected chi connectivity index (χ3v) is 1.43. The Bertz CT molecular complexity index is 309. The monoisotopic (exact) mass is 178 g/mol. The van der Waals surface area contributed by atoms with E-state index >= 15 is 0 Å². The Hall–Kier alpha value is -1.71. The molecule has 1 aromatic rings. The Balaban J connectivity index is 2.74. The lowest BCUT2D eigenvalue weighted by Gasteiger charge is -2.03. The zero-order valence-electron chi connectivity index (χ0n) is 7.36. The molecule has 1 rings (SSSR count). The normalized spacial score (nSPS) is 9.31. The van der Waals surface area contributed by atoms with E-state index < -0.39 is 5.97 Å². The number of hydrogen-bond donors (Lipinski definition) is 0. The van der Waals surface area contributed by atoms with Crippen LogP contribution in [0.1, 0.15) is 12.5 Å². The summed E-state index contributed by atoms with van der Waals surface area (Å²) < 4.78 is 4.76. The maximum atomic E-state index is 11.2. The summed E-state index contributed by atoms with van der Waals surface area (Å²) in [6.45, 7) is 5.67. The van der Waals surface area contributed by atoms with Crippen molar-refractivity contribution in [3.8, 4) is 0 Å². The molecule has 4 nitrogen and oxygen atoms in total. The quantitative estimate of drug-likeness (QED) is 0.513. The second kappa shape index (κ2) is 4.35. The number of nitrogens with zero attached hydrogens (tertiary/aromatic N) is 2. The summed E-state index contributed by atoms with van der Waals surface area (Å²) in [4.78, 5) is 18.7. The third-order valence-electron chi connectivity index (χ3n) is 1.43. The molecule has 13 heavy (non-hydrogen) atoms. The van der Waals surface area contributed by atoms with Crippen molar-refractivity contribution in [2.75, 3.05) is 6.61 Å². The minimum Gasteiger partial charge on any atom is -0.462 e. The van der Waals surface area contributed by atoms with Gasteiger partial charge in [0.05, 0.1) is 12.2 Å². The number of aromatic nitrogens is 2. The van der Waals surface area contributed by atoms with Crippen LogP contribution >= 0.6 is 0 Å². The largest absolute Gasteiger partial charge is 0.462 e. The molecule has 0 saturated carbocycles. The van der Waals surface area contributed by atoms with E-state index in [1.54, 1.807) is 6.92 Å². The molecule has 0 unspecified atom stereocenters. The van der Waals surface area contributed by atoms with Crippen molar-refractivity contribution in [2.24, 2.45) is 0 Å². The van der Waals surface area contributed by atoms with Gasteiger partial charge in [0.15, 0.2) is 0 Å². The van der Waals surface area contributed by atoms with Crippen LogP contribution in [0.3, 0.4) is 0 Å². The summed E-state index contributed by atoms with van der Waals surface area (Å²) >= 11 is 0. The van der Waals surface area contributed by atoms with Crippen LogP contribution in [-0.4, -0.2) is 22.5 Å². The Morgan fingerprint density at radius 1 is 1.54 bits per heavy atom. The van der Waals surface area contributed by atoms with Gasteiger partial charge < -0.3 is 4.74 Å². The molecule has 1 heterocycles. The maximum Gasteiger partial charge on any atom is 0.338 e. The molecule has 0 N–H and O–H groups in total. The maximum absolute atomic E-state index is 11.2. The fourth-order valence-corrected chi connectivity index (χ4v) is 0.791. The molecule has 0 radical (unpaired) electrons. The van der Waals surface area contributed by atoms with E-state index in [1.807, 2.05) is 0 Å². The van der Waals surface area contributed by atoms with Crippen LogP contribution in [0.4, 0.5) is 0 Å². The second-order valence-electron chi connectivity index (χ2n) is 2.33. The highest BCUT2D eigenvalue weighted by atomic mass is 16.5. The molecule has 0 atom stereocenters. The fourth-order valence-electron chi connectivity index (χ4n) is 0.791. The summed E-state index contributed by atoms with van der Waals surface area (Å²) in [6, 6.07) is 0. The first-order valence-corrected chi connectivity index (χ1v) is 3.87. The van der Waals surface area contributed by atoms with E-state index in [9.17, 15) is 4.79 Å². The molecular formula is C9H10N2O2. The Kier molecular flexibility index (Phi) is 3.14. The first-order chi connectivity index (χ1) is 6.25. The van der Waals surface area contributed by atoms with Gasteiger partial charge in [-0.15, -0.1) is 0 Å². The zero-order valence-corrected chi connectivity index (χ0v) is 7.36. The summed E-state index contributed by atoms with van der Waals surface area (Å²) in [5.41, 5.74) is 0.864. The first kappa shape index (κ1) is 9.38. The molecular weight excluding hydrogens is 168 g/mol. The minimum absolute atomic E-state index is 0.280. The van der Waals surface area contributed by atoms with Gasteiger partial charge in [0, 0.05) is 18.0 Å². The van der Waals surface area contributed by atoms with Crippen LogP contribution in [0, 0.1) is 0 Å². The van der Waals surface area contributed by atoms with E-state index in [0.717, 1.165) is 0 Å². The second-order valence-corrected chi connectivity index (χ2v) is 2.33. The molecule has 0 bridgehead atoms. The van der Waals surface area contributed by atoms with E-state index in [-0.39, 0.29) is 5.57 Å². The Morgan fingerprint density at radius 2 is 2.15 bits per heavy atom. The first-order valence-electron chi connectivity index (χ1n) is 3.87. The minimum atomic E-state index is -0.433. The van der Waals surface area contributed by atoms with Gasteiger partial charge in [0.1, 0.15) is 6.33 Å². The number of hydrogen-bond acceptors (Lipinski definition) is 4. The van der Waals surface area contributed by atoms with E-state index in [4.69, 9.17) is 4.74 Å². The van der Waals surface area contributed by atoms with Crippen molar-refractivity contribution in [3.63, 3.8) is 0 Å². The lowest BCUT2D eigenvalue weighted by molar-refractivity contribution is -0.136. The topological polar surface area (TPSA) is 52.1 Å². The lowest BCUT2D eigenvalue weighted by Crippen LogP contribution is -2.06.